The quantitative estimate of drug-likeness (QED) is 0.166. The third kappa shape index (κ3) is 7.32. The molecule has 5 aliphatic rings. The summed E-state index contributed by atoms with van der Waals surface area (Å²) in [5.41, 5.74) is 21.7. The molecule has 9 aromatic carbocycles. The Hall–Kier alpha value is -8.93. The molecule has 9 aromatic rings. The summed E-state index contributed by atoms with van der Waals surface area (Å²) in [7, 11) is 0. The highest BCUT2D eigenvalue weighted by molar-refractivity contribution is 8.03. The van der Waals surface area contributed by atoms with Gasteiger partial charge in [-0.15, -0.1) is 0 Å². The van der Waals surface area contributed by atoms with Crippen molar-refractivity contribution in [3.05, 3.63) is 239 Å². The molecule has 0 unspecified atom stereocenters. The van der Waals surface area contributed by atoms with E-state index in [0.717, 1.165) is 107 Å². The van der Waals surface area contributed by atoms with Gasteiger partial charge in [0.1, 0.15) is 18.2 Å². The number of thioether (sulfide) groups is 1. The highest BCUT2D eigenvalue weighted by atomic mass is 32.2. The van der Waals surface area contributed by atoms with Gasteiger partial charge in [-0.3, -0.25) is 0 Å². The van der Waals surface area contributed by atoms with Gasteiger partial charge in [0.25, 0.3) is 0 Å². The average Bonchev–Trinajstić information content (AvgIpc) is 3.78. The number of hydrogen-bond donors (Lipinski definition) is 1. The van der Waals surface area contributed by atoms with Gasteiger partial charge < -0.3 is 25.3 Å². The van der Waals surface area contributed by atoms with Crippen molar-refractivity contribution < 1.29 is 0 Å². The van der Waals surface area contributed by atoms with Crippen molar-refractivity contribution in [2.24, 2.45) is 0 Å². The van der Waals surface area contributed by atoms with Gasteiger partial charge in [-0.2, -0.15) is 15.8 Å². The third-order valence-electron chi connectivity index (χ3n) is 14.1. The summed E-state index contributed by atoms with van der Waals surface area (Å²) in [5, 5.41) is 32.8. The molecule has 0 spiro atoms. The molecule has 4 aliphatic heterocycles. The zero-order valence-electron chi connectivity index (χ0n) is 40.2. The number of rotatable bonds is 5. The van der Waals surface area contributed by atoms with Crippen molar-refractivity contribution in [2.45, 2.75) is 40.7 Å². The molecule has 0 aromatic heterocycles. The van der Waals surface area contributed by atoms with Gasteiger partial charge in [0.15, 0.2) is 0 Å². The van der Waals surface area contributed by atoms with Crippen LogP contribution < -0.4 is 25.3 Å². The number of nitriles is 3. The Labute approximate surface area is 456 Å². The number of nitrogen functional groups attached to an aromatic ring is 1. The van der Waals surface area contributed by atoms with Gasteiger partial charge in [0, 0.05) is 51.3 Å². The smallest absolute Gasteiger partial charge is 0.101 e. The van der Waals surface area contributed by atoms with E-state index < -0.39 is 0 Å². The largest absolute Gasteiger partial charge is 0.397 e. The fraction of sp³-hybridized carbons (Fsp3) is 0.0156. The number of benzene rings is 9. The monoisotopic (exact) mass is 1050 g/mol. The summed E-state index contributed by atoms with van der Waals surface area (Å²) in [6.45, 7) is 0. The van der Waals surface area contributed by atoms with Crippen LogP contribution in [0.15, 0.2) is 251 Å². The number of fused-ring (bicyclic) bond motifs is 7. The Morgan fingerprint density at radius 1 is 0.382 bits per heavy atom. The second kappa shape index (κ2) is 18.5. The van der Waals surface area contributed by atoms with Crippen LogP contribution in [-0.2, 0) is 0 Å². The first-order valence-electron chi connectivity index (χ1n) is 24.5. The molecular weight excluding hydrogens is 1010 g/mol. The van der Waals surface area contributed by atoms with Gasteiger partial charge in [0.2, 0.25) is 0 Å². The zero-order chi connectivity index (χ0) is 51.0. The van der Waals surface area contributed by atoms with Crippen molar-refractivity contribution in [1.82, 2.24) is 0 Å². The minimum Gasteiger partial charge on any atom is -0.397 e. The van der Waals surface area contributed by atoms with E-state index in [-0.39, 0.29) is 0 Å². The summed E-state index contributed by atoms with van der Waals surface area (Å²) in [5.74, 6) is 0. The van der Waals surface area contributed by atoms with Crippen LogP contribution in [0.25, 0.3) is 5.57 Å². The summed E-state index contributed by atoms with van der Waals surface area (Å²) in [4.78, 5) is 17.5. The summed E-state index contributed by atoms with van der Waals surface area (Å²) in [6, 6.07) is 71.6. The van der Waals surface area contributed by atoms with Crippen molar-refractivity contribution in [3.63, 3.8) is 0 Å². The molecule has 8 nitrogen and oxygen atoms in total. The molecule has 76 heavy (non-hydrogen) atoms. The molecule has 0 saturated heterocycles. The first-order chi connectivity index (χ1) is 37.5. The first kappa shape index (κ1) is 45.7. The zero-order valence-corrected chi connectivity index (χ0v) is 43.4. The van der Waals surface area contributed by atoms with E-state index >= 15 is 0 Å². The molecule has 2 N–H and O–H groups in total. The fourth-order valence-electron chi connectivity index (χ4n) is 10.8. The highest BCUT2D eigenvalue weighted by Crippen LogP contribution is 2.59. The van der Waals surface area contributed by atoms with Crippen LogP contribution in [0.1, 0.15) is 28.7 Å². The maximum absolute atomic E-state index is 11.0. The van der Waals surface area contributed by atoms with Crippen molar-refractivity contribution in [3.8, 4) is 18.2 Å². The fourth-order valence-corrected chi connectivity index (χ4v) is 15.2. The molecule has 0 saturated carbocycles. The van der Waals surface area contributed by atoms with E-state index in [1.165, 1.54) is 0 Å². The predicted molar refractivity (Wildman–Crippen MR) is 311 cm³/mol. The number of nitrogens with zero attached hydrogens (tertiary/aromatic N) is 7. The van der Waals surface area contributed by atoms with Crippen LogP contribution in [0, 0.1) is 34.0 Å². The van der Waals surface area contributed by atoms with Crippen molar-refractivity contribution in [1.29, 1.82) is 15.8 Å². The van der Waals surface area contributed by atoms with Crippen LogP contribution in [0.4, 0.5) is 68.2 Å². The van der Waals surface area contributed by atoms with Crippen LogP contribution in [-0.4, -0.2) is 0 Å². The Morgan fingerprint density at radius 3 is 1.29 bits per heavy atom. The molecule has 1 aliphatic carbocycles. The Bertz CT molecular complexity index is 4120. The second-order valence-electron chi connectivity index (χ2n) is 18.4. The Morgan fingerprint density at radius 2 is 0.776 bits per heavy atom. The van der Waals surface area contributed by atoms with Gasteiger partial charge in [-0.05, 0) is 120 Å². The molecule has 358 valence electrons. The lowest BCUT2D eigenvalue weighted by atomic mass is 10.0. The lowest BCUT2D eigenvalue weighted by Gasteiger charge is -2.37. The minimum atomic E-state index is 0.391. The maximum Gasteiger partial charge on any atom is 0.101 e. The lowest BCUT2D eigenvalue weighted by Crippen LogP contribution is -2.23. The number of anilines is 12. The van der Waals surface area contributed by atoms with Gasteiger partial charge in [-0.1, -0.05) is 144 Å². The Kier molecular flexibility index (Phi) is 11.1. The predicted octanol–water partition coefficient (Wildman–Crippen LogP) is 18.2. The minimum absolute atomic E-state index is 0.391. The van der Waals surface area contributed by atoms with Crippen LogP contribution >= 0.6 is 47.0 Å². The third-order valence-corrected chi connectivity index (χ3v) is 18.7. The van der Waals surface area contributed by atoms with E-state index in [4.69, 9.17) is 5.73 Å². The van der Waals surface area contributed by atoms with Gasteiger partial charge in [0.05, 0.1) is 84.9 Å². The number of para-hydroxylation sites is 6. The molecular formula is C64H38N8S4. The molecule has 4 heterocycles. The van der Waals surface area contributed by atoms with E-state index in [2.05, 4.69) is 196 Å². The lowest BCUT2D eigenvalue weighted by molar-refractivity contribution is 1.04. The molecule has 14 rings (SSSR count). The number of allylic oxidation sites excluding steroid dienone is 4. The van der Waals surface area contributed by atoms with Crippen molar-refractivity contribution >= 4 is 121 Å². The number of hydrogen-bond acceptors (Lipinski definition) is 12. The standard InChI is InChI=1S/C64H38N8S4/c65-36-40-31-41(37-66)54(34-53(40)69-45-17-1-7-25-57(45)73-58-26-8-2-18-46(58)69)72-50-22-6-12-30-62(50)76-64-43(16-14-24-52(64)72)39-15-13-23-51-63(33-39)75-61-29-11-3-19-47(61)70(51)55-35-56(44(68)32-42(55)38-67)71-48-20-4-9-27-59(48)74-60-28-10-5-21-49(60)71/h1-22,24-35H,23,68H2. The Balaban J connectivity index is 0.923. The summed E-state index contributed by atoms with van der Waals surface area (Å²) >= 11 is 6.90. The summed E-state index contributed by atoms with van der Waals surface area (Å²) in [6.07, 6.45) is 7.31. The van der Waals surface area contributed by atoms with Gasteiger partial charge in [-0.25, -0.2) is 0 Å². The molecule has 0 amide bonds. The molecule has 0 bridgehead atoms. The van der Waals surface area contributed by atoms with Crippen LogP contribution in [0.3, 0.4) is 0 Å². The highest BCUT2D eigenvalue weighted by Gasteiger charge is 2.35. The SMILES string of the molecule is N#Cc1cc(N)c(N2c3ccccc3Sc3ccccc32)cc1N1C2=C(C=C(c3cccc4c3Sc3ccccc3N4c3cc(N4c5ccccc5Sc5ccccc54)c(C#N)cc3C#N)C=CC2)Sc2ccccc21. The molecule has 12 heteroatoms. The van der Waals surface area contributed by atoms with E-state index in [0.29, 0.717) is 40.2 Å². The van der Waals surface area contributed by atoms with E-state index in [1.54, 1.807) is 53.1 Å². The average molecular weight is 1050 g/mol. The molecule has 0 fully saturated rings. The normalized spacial score (nSPS) is 14.5. The maximum atomic E-state index is 11.0. The van der Waals surface area contributed by atoms with Crippen LogP contribution in [0.5, 0.6) is 0 Å². The second-order valence-corrected chi connectivity index (χ2v) is 22.7. The molecule has 0 atom stereocenters. The number of nitrogens with two attached hydrogens (primary N) is 1. The van der Waals surface area contributed by atoms with Gasteiger partial charge >= 0.3 is 0 Å². The van der Waals surface area contributed by atoms with Crippen molar-refractivity contribution in [2.75, 3.05) is 25.3 Å². The molecule has 0 radical (unpaired) electrons. The summed E-state index contributed by atoms with van der Waals surface area (Å²) < 4.78 is 0. The first-order valence-corrected chi connectivity index (χ1v) is 27.8. The van der Waals surface area contributed by atoms with Crippen LogP contribution in [0.2, 0.25) is 0 Å². The topological polar surface area (TPSA) is 110 Å². The van der Waals surface area contributed by atoms with E-state index in [9.17, 15) is 15.8 Å². The van der Waals surface area contributed by atoms with E-state index in [1.807, 2.05) is 42.5 Å².